The van der Waals surface area contributed by atoms with Gasteiger partial charge < -0.3 is 10.2 Å². The van der Waals surface area contributed by atoms with E-state index in [1.165, 1.54) is 0 Å². The van der Waals surface area contributed by atoms with E-state index in [0.29, 0.717) is 30.8 Å². The predicted molar refractivity (Wildman–Crippen MR) is 129 cm³/mol. The largest absolute Gasteiger partial charge is 0.355 e. The zero-order valence-corrected chi connectivity index (χ0v) is 20.4. The van der Waals surface area contributed by atoms with Crippen LogP contribution in [0.5, 0.6) is 0 Å². The molecule has 0 spiro atoms. The van der Waals surface area contributed by atoms with Gasteiger partial charge in [0, 0.05) is 48.1 Å². The lowest BCUT2D eigenvalue weighted by Crippen LogP contribution is -2.43. The number of rotatable bonds is 10. The van der Waals surface area contributed by atoms with Crippen LogP contribution in [-0.4, -0.2) is 58.6 Å². The lowest BCUT2D eigenvalue weighted by atomic mass is 9.77. The maximum absolute atomic E-state index is 14.6. The van der Waals surface area contributed by atoms with Gasteiger partial charge in [-0.25, -0.2) is 8.78 Å². The molecular weight excluding hydrogens is 460 g/mol. The van der Waals surface area contributed by atoms with Crippen molar-refractivity contribution >= 4 is 28.4 Å². The Morgan fingerprint density at radius 2 is 1.97 bits per heavy atom. The maximum Gasteiger partial charge on any atom is 0.251 e. The highest BCUT2D eigenvalue weighted by Gasteiger charge is 2.63. The number of H-pyrrole nitrogens is 1. The number of halogens is 3. The molecule has 0 unspecified atom stereocenters. The second-order valence-electron chi connectivity index (χ2n) is 9.58. The fraction of sp³-hybridized carbons (Fsp3) is 0.480. The summed E-state index contributed by atoms with van der Waals surface area (Å²) in [5.41, 5.74) is 1.38. The number of pyridine rings is 1. The van der Waals surface area contributed by atoms with E-state index < -0.39 is 17.3 Å². The molecule has 2 N–H and O–H groups in total. The number of amides is 1. The van der Waals surface area contributed by atoms with Crippen LogP contribution in [0.3, 0.4) is 0 Å². The molecule has 4 rings (SSSR count). The number of carbonyl (C=O) groups excluding carboxylic acids is 1. The molecule has 1 aliphatic carbocycles. The molecule has 0 radical (unpaired) electrons. The number of aromatic amines is 1. The summed E-state index contributed by atoms with van der Waals surface area (Å²) < 4.78 is 29.1. The number of nitrogens with zero attached hydrogens (tertiary/aromatic N) is 3. The molecule has 1 fully saturated rings. The number of likely N-dealkylation sites (N-methyl/N-ethyl adjacent to an activating group) is 1. The van der Waals surface area contributed by atoms with Crippen LogP contribution < -0.4 is 5.32 Å². The average Bonchev–Trinajstić information content (AvgIpc) is 3.47. The first-order valence-corrected chi connectivity index (χ1v) is 11.8. The molecule has 2 aromatic heterocycles. The molecule has 3 aromatic rings. The number of aromatic nitrogens is 3. The van der Waals surface area contributed by atoms with E-state index in [2.05, 4.69) is 20.5 Å². The van der Waals surface area contributed by atoms with Gasteiger partial charge in [0.25, 0.3) is 5.92 Å². The van der Waals surface area contributed by atoms with Gasteiger partial charge in [0.05, 0.1) is 16.7 Å². The number of carbonyl (C=O) groups is 1. The number of nitrogens with one attached hydrogen (secondary N) is 2. The first-order chi connectivity index (χ1) is 16.1. The summed E-state index contributed by atoms with van der Waals surface area (Å²) >= 11 is 6.59. The smallest absolute Gasteiger partial charge is 0.251 e. The number of fused-ring (bicyclic) bond motifs is 1. The Hall–Kier alpha value is -2.58. The fourth-order valence-electron chi connectivity index (χ4n) is 4.82. The first kappa shape index (κ1) is 24.5. The molecule has 6 nitrogen and oxygen atoms in total. The number of hydrogen-bond acceptors (Lipinski definition) is 4. The van der Waals surface area contributed by atoms with Gasteiger partial charge in [-0.1, -0.05) is 17.7 Å². The van der Waals surface area contributed by atoms with Crippen molar-refractivity contribution in [2.45, 2.75) is 50.5 Å². The first-order valence-electron chi connectivity index (χ1n) is 11.4. The minimum absolute atomic E-state index is 0.00925. The van der Waals surface area contributed by atoms with E-state index in [0.717, 1.165) is 29.0 Å². The van der Waals surface area contributed by atoms with Crippen molar-refractivity contribution in [3.05, 3.63) is 59.0 Å². The third-order valence-corrected chi connectivity index (χ3v) is 7.63. The quantitative estimate of drug-likeness (QED) is 0.428. The standard InChI is InChI=1S/C25H30ClF2N5O/c1-24(27,28)25(8-9-25)20(16-6-10-29-11-7-16)13-22(34)30-14-18(33(2)3)12-17-4-5-21-19(23(17)26)15-31-32-21/h4-7,10-11,15,18,20H,8-9,12-14H2,1-3H3,(H,30,34)(H,31,32)/t18-,20-/m0/s1. The molecule has 34 heavy (non-hydrogen) atoms. The Bertz CT molecular complexity index is 1140. The van der Waals surface area contributed by atoms with E-state index in [-0.39, 0.29) is 18.4 Å². The molecule has 1 aromatic carbocycles. The predicted octanol–water partition coefficient (Wildman–Crippen LogP) is 4.81. The summed E-state index contributed by atoms with van der Waals surface area (Å²) in [7, 11) is 3.88. The molecule has 1 saturated carbocycles. The molecule has 1 amide bonds. The van der Waals surface area contributed by atoms with Crippen molar-refractivity contribution in [2.24, 2.45) is 5.41 Å². The Morgan fingerprint density at radius 1 is 1.26 bits per heavy atom. The van der Waals surface area contributed by atoms with Crippen LogP contribution in [0.2, 0.25) is 5.02 Å². The van der Waals surface area contributed by atoms with E-state index in [1.807, 2.05) is 31.1 Å². The summed E-state index contributed by atoms with van der Waals surface area (Å²) in [6.45, 7) is 1.35. The van der Waals surface area contributed by atoms with Crippen molar-refractivity contribution in [2.75, 3.05) is 20.6 Å². The number of benzene rings is 1. The maximum atomic E-state index is 14.6. The molecular formula is C25H30ClF2N5O. The summed E-state index contributed by atoms with van der Waals surface area (Å²) in [5.74, 6) is -3.66. The van der Waals surface area contributed by atoms with E-state index in [1.54, 1.807) is 30.7 Å². The van der Waals surface area contributed by atoms with Crippen molar-refractivity contribution in [1.82, 2.24) is 25.4 Å². The summed E-state index contributed by atoms with van der Waals surface area (Å²) in [6, 6.07) is 7.35. The van der Waals surface area contributed by atoms with Crippen molar-refractivity contribution in [3.63, 3.8) is 0 Å². The van der Waals surface area contributed by atoms with Gasteiger partial charge in [0.2, 0.25) is 5.91 Å². The summed E-state index contributed by atoms with van der Waals surface area (Å²) in [4.78, 5) is 19.0. The molecule has 9 heteroatoms. The summed E-state index contributed by atoms with van der Waals surface area (Å²) in [5, 5.41) is 11.4. The molecule has 0 saturated heterocycles. The minimum Gasteiger partial charge on any atom is -0.355 e. The van der Waals surface area contributed by atoms with E-state index >= 15 is 0 Å². The van der Waals surface area contributed by atoms with Crippen LogP contribution in [0.1, 0.15) is 43.2 Å². The van der Waals surface area contributed by atoms with Crippen LogP contribution in [0.4, 0.5) is 8.78 Å². The molecule has 0 bridgehead atoms. The Morgan fingerprint density at radius 3 is 2.59 bits per heavy atom. The van der Waals surface area contributed by atoms with Crippen molar-refractivity contribution in [1.29, 1.82) is 0 Å². The van der Waals surface area contributed by atoms with Gasteiger partial charge >= 0.3 is 0 Å². The zero-order valence-electron chi connectivity index (χ0n) is 19.6. The summed E-state index contributed by atoms with van der Waals surface area (Å²) in [6.07, 6.45) is 6.33. The molecule has 0 aliphatic heterocycles. The minimum atomic E-state index is -2.87. The lowest BCUT2D eigenvalue weighted by molar-refractivity contribution is -0.123. The fourth-order valence-corrected chi connectivity index (χ4v) is 5.11. The van der Waals surface area contributed by atoms with Gasteiger partial charge in [0.1, 0.15) is 0 Å². The topological polar surface area (TPSA) is 73.9 Å². The lowest BCUT2D eigenvalue weighted by Gasteiger charge is -2.32. The zero-order chi connectivity index (χ0) is 24.5. The molecule has 2 atom stereocenters. The highest BCUT2D eigenvalue weighted by molar-refractivity contribution is 6.36. The van der Waals surface area contributed by atoms with Gasteiger partial charge in [-0.15, -0.1) is 0 Å². The molecule has 1 aliphatic rings. The van der Waals surface area contributed by atoms with Gasteiger partial charge in [0.15, 0.2) is 0 Å². The third kappa shape index (κ3) is 4.93. The monoisotopic (exact) mass is 489 g/mol. The van der Waals surface area contributed by atoms with E-state index in [4.69, 9.17) is 11.6 Å². The Labute approximate surface area is 203 Å². The van der Waals surface area contributed by atoms with Crippen LogP contribution >= 0.6 is 11.6 Å². The average molecular weight is 490 g/mol. The normalized spacial score (nSPS) is 17.0. The second-order valence-corrected chi connectivity index (χ2v) is 9.96. The van der Waals surface area contributed by atoms with Crippen LogP contribution in [0.25, 0.3) is 10.9 Å². The van der Waals surface area contributed by atoms with Gasteiger partial charge in [-0.05, 0) is 69.6 Å². The van der Waals surface area contributed by atoms with Crippen molar-refractivity contribution in [3.8, 4) is 0 Å². The van der Waals surface area contributed by atoms with Crippen LogP contribution in [-0.2, 0) is 11.2 Å². The molecule has 2 heterocycles. The SMILES string of the molecule is CN(C)[C@H](CNC(=O)C[C@@H](c1ccncc1)C1(C(C)(F)F)CC1)Cc1ccc2[nH]ncc2c1Cl. The number of hydrogen-bond donors (Lipinski definition) is 2. The Balaban J connectivity index is 1.45. The van der Waals surface area contributed by atoms with Crippen LogP contribution in [0, 0.1) is 5.41 Å². The molecule has 182 valence electrons. The van der Waals surface area contributed by atoms with Gasteiger partial charge in [-0.3, -0.25) is 14.9 Å². The van der Waals surface area contributed by atoms with Crippen LogP contribution in [0.15, 0.2) is 42.9 Å². The van der Waals surface area contributed by atoms with E-state index in [9.17, 15) is 13.6 Å². The van der Waals surface area contributed by atoms with Crippen molar-refractivity contribution < 1.29 is 13.6 Å². The van der Waals surface area contributed by atoms with Gasteiger partial charge in [-0.2, -0.15) is 5.10 Å². The second kappa shape index (κ2) is 9.58. The number of alkyl halides is 2. The highest BCUT2D eigenvalue weighted by Crippen LogP contribution is 2.65. The Kier molecular flexibility index (Phi) is 6.92. The highest BCUT2D eigenvalue weighted by atomic mass is 35.5. The third-order valence-electron chi connectivity index (χ3n) is 7.19.